The highest BCUT2D eigenvalue weighted by atomic mass is 32.2. The van der Waals surface area contributed by atoms with Crippen molar-refractivity contribution < 1.29 is 23.1 Å². The van der Waals surface area contributed by atoms with Gasteiger partial charge in [0.15, 0.2) is 0 Å². The molecule has 0 atom stereocenters. The normalized spacial score (nSPS) is 11.2. The first-order chi connectivity index (χ1) is 8.20. The van der Waals surface area contributed by atoms with E-state index in [-0.39, 0.29) is 22.7 Å². The molecule has 18 heavy (non-hydrogen) atoms. The van der Waals surface area contributed by atoms with Gasteiger partial charge in [-0.25, -0.2) is 13.2 Å². The van der Waals surface area contributed by atoms with Crippen molar-refractivity contribution in [2.75, 3.05) is 17.3 Å². The van der Waals surface area contributed by atoms with E-state index < -0.39 is 21.7 Å². The summed E-state index contributed by atoms with van der Waals surface area (Å²) in [6.07, 6.45) is 0.814. The number of rotatable bonds is 5. The van der Waals surface area contributed by atoms with Gasteiger partial charge >= 0.3 is 5.97 Å². The number of carboxylic acids is 1. The van der Waals surface area contributed by atoms with Crippen LogP contribution < -0.4 is 5.32 Å². The average Bonchev–Trinajstić information content (AvgIpc) is 2.55. The number of carbonyl (C=O) groups is 2. The summed E-state index contributed by atoms with van der Waals surface area (Å²) < 4.78 is 25.6. The molecule has 100 valence electrons. The number of nitrogens with one attached hydrogen (secondary N) is 1. The van der Waals surface area contributed by atoms with Crippen LogP contribution in [0.4, 0.5) is 5.00 Å². The maximum absolute atomic E-state index is 11.5. The number of nitrogens with zero attached hydrogens (tertiary/aromatic N) is 1. The molecule has 9 heteroatoms. The van der Waals surface area contributed by atoms with Gasteiger partial charge in [0.05, 0.1) is 11.4 Å². The van der Waals surface area contributed by atoms with Gasteiger partial charge in [0.2, 0.25) is 5.91 Å². The molecule has 0 aliphatic carbocycles. The Morgan fingerprint density at radius 3 is 2.56 bits per heavy atom. The summed E-state index contributed by atoms with van der Waals surface area (Å²) in [5.41, 5.74) is 0.249. The van der Waals surface area contributed by atoms with Crippen LogP contribution in [0.3, 0.4) is 0 Å². The molecule has 0 saturated heterocycles. The summed E-state index contributed by atoms with van der Waals surface area (Å²) in [5.74, 6) is -2.01. The molecule has 0 radical (unpaired) electrons. The van der Waals surface area contributed by atoms with Crippen LogP contribution >= 0.6 is 11.5 Å². The van der Waals surface area contributed by atoms with Gasteiger partial charge in [-0.2, -0.15) is 4.37 Å². The van der Waals surface area contributed by atoms with E-state index in [9.17, 15) is 18.0 Å². The van der Waals surface area contributed by atoms with E-state index in [1.54, 1.807) is 0 Å². The molecule has 0 aliphatic rings. The lowest BCUT2D eigenvalue weighted by atomic mass is 10.2. The Hall–Kier alpha value is -1.48. The quantitative estimate of drug-likeness (QED) is 0.818. The number of aromatic carboxylic acids is 1. The summed E-state index contributed by atoms with van der Waals surface area (Å²) in [6, 6.07) is 0. The standard InChI is InChI=1S/C9H12N2O5S2/c1-5-7(9(13)14)8(17-11-5)10-6(12)3-4-18(2,15)16/h3-4H2,1-2H3,(H,10,12)(H,13,14). The molecule has 0 fully saturated rings. The average molecular weight is 292 g/mol. The smallest absolute Gasteiger partial charge is 0.340 e. The van der Waals surface area contributed by atoms with E-state index in [2.05, 4.69) is 9.69 Å². The van der Waals surface area contributed by atoms with Gasteiger partial charge < -0.3 is 10.4 Å². The predicted molar refractivity (Wildman–Crippen MR) is 66.8 cm³/mol. The van der Waals surface area contributed by atoms with E-state index in [1.807, 2.05) is 0 Å². The number of aromatic nitrogens is 1. The molecule has 1 amide bonds. The number of carbonyl (C=O) groups excluding carboxylic acids is 1. The minimum atomic E-state index is -3.22. The highest BCUT2D eigenvalue weighted by Gasteiger charge is 2.19. The summed E-state index contributed by atoms with van der Waals surface area (Å²) in [5, 5.41) is 11.4. The number of aryl methyl sites for hydroxylation is 1. The van der Waals surface area contributed by atoms with E-state index in [0.717, 1.165) is 17.8 Å². The third-order valence-electron chi connectivity index (χ3n) is 2.03. The predicted octanol–water partition coefficient (Wildman–Crippen LogP) is 0.523. The monoisotopic (exact) mass is 292 g/mol. The maximum atomic E-state index is 11.5. The Kier molecular flexibility index (Phi) is 4.41. The third kappa shape index (κ3) is 4.08. The fourth-order valence-corrected chi connectivity index (χ4v) is 2.54. The van der Waals surface area contributed by atoms with Crippen LogP contribution in [0.25, 0.3) is 0 Å². The minimum absolute atomic E-state index is 0.0623. The Labute approximate surface area is 108 Å². The second kappa shape index (κ2) is 5.44. The van der Waals surface area contributed by atoms with Gasteiger partial charge in [-0.3, -0.25) is 4.79 Å². The zero-order valence-corrected chi connectivity index (χ0v) is 11.4. The van der Waals surface area contributed by atoms with Crippen molar-refractivity contribution in [2.45, 2.75) is 13.3 Å². The molecule has 1 rings (SSSR count). The van der Waals surface area contributed by atoms with Crippen LogP contribution in [0.1, 0.15) is 22.5 Å². The fraction of sp³-hybridized carbons (Fsp3) is 0.444. The highest BCUT2D eigenvalue weighted by Crippen LogP contribution is 2.24. The van der Waals surface area contributed by atoms with Crippen molar-refractivity contribution in [3.63, 3.8) is 0 Å². The van der Waals surface area contributed by atoms with E-state index >= 15 is 0 Å². The van der Waals surface area contributed by atoms with Crippen molar-refractivity contribution >= 4 is 38.2 Å². The molecule has 1 aromatic heterocycles. The Morgan fingerprint density at radius 2 is 2.06 bits per heavy atom. The highest BCUT2D eigenvalue weighted by molar-refractivity contribution is 7.90. The fourth-order valence-electron chi connectivity index (χ4n) is 1.17. The number of hydrogen-bond donors (Lipinski definition) is 2. The molecule has 1 heterocycles. The number of carboxylic acid groups (broad SMARTS) is 1. The largest absolute Gasteiger partial charge is 0.478 e. The summed E-state index contributed by atoms with van der Waals surface area (Å²) >= 11 is 0.854. The molecule has 1 aromatic rings. The van der Waals surface area contributed by atoms with Crippen LogP contribution in [-0.4, -0.2) is 41.8 Å². The van der Waals surface area contributed by atoms with Crippen molar-refractivity contribution in [1.29, 1.82) is 0 Å². The van der Waals surface area contributed by atoms with Gasteiger partial charge in [0, 0.05) is 12.7 Å². The second-order valence-corrected chi connectivity index (χ2v) is 6.74. The molecule has 0 bridgehead atoms. The first-order valence-electron chi connectivity index (χ1n) is 4.88. The van der Waals surface area contributed by atoms with Crippen molar-refractivity contribution in [2.24, 2.45) is 0 Å². The molecule has 0 aliphatic heterocycles. The van der Waals surface area contributed by atoms with E-state index in [1.165, 1.54) is 6.92 Å². The number of anilines is 1. The number of amides is 1. The lowest BCUT2D eigenvalue weighted by Crippen LogP contribution is -2.17. The molecule has 0 spiro atoms. The first kappa shape index (κ1) is 14.6. The Balaban J connectivity index is 2.74. The minimum Gasteiger partial charge on any atom is -0.478 e. The number of hydrogen-bond acceptors (Lipinski definition) is 6. The van der Waals surface area contributed by atoms with Gasteiger partial charge in [-0.15, -0.1) is 0 Å². The Morgan fingerprint density at radius 1 is 1.44 bits per heavy atom. The SMILES string of the molecule is Cc1nsc(NC(=O)CCS(C)(=O)=O)c1C(=O)O. The van der Waals surface area contributed by atoms with E-state index in [0.29, 0.717) is 5.69 Å². The maximum Gasteiger partial charge on any atom is 0.340 e. The van der Waals surface area contributed by atoms with Crippen molar-refractivity contribution in [3.05, 3.63) is 11.3 Å². The summed E-state index contributed by atoms with van der Waals surface area (Å²) in [7, 11) is -3.22. The van der Waals surface area contributed by atoms with Crippen LogP contribution in [-0.2, 0) is 14.6 Å². The van der Waals surface area contributed by atoms with Gasteiger partial charge in [0.1, 0.15) is 20.4 Å². The lowest BCUT2D eigenvalue weighted by molar-refractivity contribution is -0.115. The zero-order valence-electron chi connectivity index (χ0n) is 9.76. The summed E-state index contributed by atoms with van der Waals surface area (Å²) in [4.78, 5) is 22.4. The van der Waals surface area contributed by atoms with Crippen LogP contribution in [0.5, 0.6) is 0 Å². The van der Waals surface area contributed by atoms with Crippen LogP contribution in [0.2, 0.25) is 0 Å². The molecule has 7 nitrogen and oxygen atoms in total. The Bertz CT molecular complexity index is 576. The lowest BCUT2D eigenvalue weighted by Gasteiger charge is -2.03. The topological polar surface area (TPSA) is 113 Å². The third-order valence-corrected chi connectivity index (χ3v) is 3.83. The molecular formula is C9H12N2O5S2. The molecule has 0 aromatic carbocycles. The summed E-state index contributed by atoms with van der Waals surface area (Å²) in [6.45, 7) is 1.52. The molecular weight excluding hydrogens is 280 g/mol. The van der Waals surface area contributed by atoms with Crippen LogP contribution in [0, 0.1) is 6.92 Å². The molecule has 0 saturated carbocycles. The van der Waals surface area contributed by atoms with Crippen molar-refractivity contribution in [1.82, 2.24) is 4.37 Å². The zero-order chi connectivity index (χ0) is 13.9. The van der Waals surface area contributed by atoms with Gasteiger partial charge in [-0.05, 0) is 18.5 Å². The van der Waals surface area contributed by atoms with Gasteiger partial charge in [0.25, 0.3) is 0 Å². The molecule has 0 unspecified atom stereocenters. The molecule has 2 N–H and O–H groups in total. The van der Waals surface area contributed by atoms with Gasteiger partial charge in [-0.1, -0.05) is 0 Å². The van der Waals surface area contributed by atoms with Crippen molar-refractivity contribution in [3.8, 4) is 0 Å². The number of sulfone groups is 1. The van der Waals surface area contributed by atoms with Crippen LogP contribution in [0.15, 0.2) is 0 Å². The van der Waals surface area contributed by atoms with E-state index in [4.69, 9.17) is 5.11 Å². The first-order valence-corrected chi connectivity index (χ1v) is 7.71. The second-order valence-electron chi connectivity index (χ2n) is 3.71.